The molecule has 2 bridgehead atoms. The van der Waals surface area contributed by atoms with Crippen molar-refractivity contribution in [2.45, 2.75) is 45.3 Å². The van der Waals surface area contributed by atoms with Gasteiger partial charge in [-0.2, -0.15) is 0 Å². The van der Waals surface area contributed by atoms with Crippen LogP contribution >= 0.6 is 0 Å². The molecule has 0 radical (unpaired) electrons. The minimum atomic E-state index is -0.683. The second-order valence-electron chi connectivity index (χ2n) is 8.02. The van der Waals surface area contributed by atoms with E-state index >= 15 is 0 Å². The number of rotatable bonds is 3. The van der Waals surface area contributed by atoms with E-state index in [0.717, 1.165) is 22.3 Å². The molecule has 1 unspecified atom stereocenters. The summed E-state index contributed by atoms with van der Waals surface area (Å²) in [6.07, 6.45) is 3.25. The molecular weight excluding hydrogens is 344 g/mol. The van der Waals surface area contributed by atoms with Gasteiger partial charge in [-0.1, -0.05) is 23.8 Å². The van der Waals surface area contributed by atoms with Crippen LogP contribution in [0.15, 0.2) is 24.3 Å². The van der Waals surface area contributed by atoms with Crippen molar-refractivity contribution in [1.29, 1.82) is 0 Å². The van der Waals surface area contributed by atoms with Crippen molar-refractivity contribution in [1.82, 2.24) is 0 Å². The first-order valence-corrected chi connectivity index (χ1v) is 9.40. The topological polar surface area (TPSA) is 69.7 Å². The van der Waals surface area contributed by atoms with E-state index in [4.69, 9.17) is 4.74 Å². The van der Waals surface area contributed by atoms with E-state index in [9.17, 15) is 14.4 Å². The Balaban J connectivity index is 1.65. The number of ketones is 2. The maximum Gasteiger partial charge on any atom is 0.330 e. The fourth-order valence-corrected chi connectivity index (χ4v) is 5.39. The monoisotopic (exact) mass is 368 g/mol. The van der Waals surface area contributed by atoms with Gasteiger partial charge < -0.3 is 9.47 Å². The predicted octanol–water partition coefficient (Wildman–Crippen LogP) is 2.60. The van der Waals surface area contributed by atoms with E-state index in [1.165, 1.54) is 13.2 Å². The Labute approximate surface area is 158 Å². The summed E-state index contributed by atoms with van der Waals surface area (Å²) in [7, 11) is 1.33. The highest BCUT2D eigenvalue weighted by Gasteiger charge is 2.65. The second kappa shape index (κ2) is 6.41. The molecule has 142 valence electrons. The third-order valence-electron chi connectivity index (χ3n) is 6.33. The van der Waals surface area contributed by atoms with Gasteiger partial charge >= 0.3 is 5.97 Å². The van der Waals surface area contributed by atoms with Crippen LogP contribution in [0.25, 0.3) is 0 Å². The number of hydrogen-bond donors (Lipinski definition) is 0. The zero-order valence-electron chi connectivity index (χ0n) is 16.0. The van der Waals surface area contributed by atoms with Crippen LogP contribution in [0.5, 0.6) is 0 Å². The third kappa shape index (κ3) is 2.67. The van der Waals surface area contributed by atoms with Crippen molar-refractivity contribution in [2.75, 3.05) is 7.11 Å². The first-order chi connectivity index (χ1) is 12.8. The summed E-state index contributed by atoms with van der Waals surface area (Å²) in [6.45, 7) is 5.96. The van der Waals surface area contributed by atoms with E-state index < -0.39 is 17.8 Å². The van der Waals surface area contributed by atoms with Gasteiger partial charge in [-0.15, -0.1) is 0 Å². The lowest BCUT2D eigenvalue weighted by Crippen LogP contribution is -2.34. The molecule has 1 aromatic carbocycles. The lowest BCUT2D eigenvalue weighted by Gasteiger charge is -2.23. The highest BCUT2D eigenvalue weighted by molar-refractivity contribution is 6.17. The molecule has 1 aliphatic carbocycles. The molecule has 3 fully saturated rings. The van der Waals surface area contributed by atoms with Crippen molar-refractivity contribution < 1.29 is 23.9 Å². The van der Waals surface area contributed by atoms with Gasteiger partial charge in [0.05, 0.1) is 31.2 Å². The Bertz CT molecular complexity index is 844. The number of fused-ring (bicyclic) bond motifs is 5. The summed E-state index contributed by atoms with van der Waals surface area (Å²) in [5, 5.41) is 0. The van der Waals surface area contributed by atoms with Crippen molar-refractivity contribution in [3.05, 3.63) is 46.5 Å². The number of carbonyl (C=O) groups excluding carboxylic acids is 3. The SMILES string of the molecule is COC(=O)C=C[C@@H]1C[C@@H]2O[C@H]1[C@H]1C(=O)C(c3c(C)cc(C)cc3C)C(=O)[C@H]12. The number of aryl methyl sites for hydroxylation is 3. The van der Waals surface area contributed by atoms with E-state index in [1.807, 2.05) is 32.9 Å². The van der Waals surface area contributed by atoms with Crippen LogP contribution in [-0.2, 0) is 23.9 Å². The summed E-state index contributed by atoms with van der Waals surface area (Å²) in [5.74, 6) is -1.92. The van der Waals surface area contributed by atoms with Crippen LogP contribution < -0.4 is 0 Å². The average Bonchev–Trinajstić information content (AvgIpc) is 3.25. The lowest BCUT2D eigenvalue weighted by atomic mass is 9.75. The van der Waals surface area contributed by atoms with Crippen molar-refractivity contribution in [3.63, 3.8) is 0 Å². The summed E-state index contributed by atoms with van der Waals surface area (Å²) in [5.41, 5.74) is 3.98. The molecule has 5 heteroatoms. The van der Waals surface area contributed by atoms with Gasteiger partial charge in [0.25, 0.3) is 0 Å². The minimum Gasteiger partial charge on any atom is -0.466 e. The highest BCUT2D eigenvalue weighted by Crippen LogP contribution is 2.55. The maximum atomic E-state index is 13.3. The first kappa shape index (κ1) is 18.1. The van der Waals surface area contributed by atoms with Crippen LogP contribution in [0.3, 0.4) is 0 Å². The normalized spacial score (nSPS) is 34.5. The van der Waals surface area contributed by atoms with Gasteiger partial charge in [-0.25, -0.2) is 4.79 Å². The van der Waals surface area contributed by atoms with E-state index in [0.29, 0.717) is 6.42 Å². The van der Waals surface area contributed by atoms with Crippen LogP contribution in [0.2, 0.25) is 0 Å². The fourth-order valence-electron chi connectivity index (χ4n) is 5.39. The Morgan fingerprint density at radius 3 is 2.37 bits per heavy atom. The zero-order chi connectivity index (χ0) is 19.5. The summed E-state index contributed by atoms with van der Waals surface area (Å²) in [4.78, 5) is 37.9. The Hall–Kier alpha value is -2.27. The quantitative estimate of drug-likeness (QED) is 0.466. The lowest BCUT2D eigenvalue weighted by molar-refractivity contribution is -0.135. The van der Waals surface area contributed by atoms with E-state index in [1.54, 1.807) is 6.08 Å². The van der Waals surface area contributed by atoms with Crippen molar-refractivity contribution >= 4 is 17.5 Å². The summed E-state index contributed by atoms with van der Waals surface area (Å²) >= 11 is 0. The number of methoxy groups -OCH3 is 1. The largest absolute Gasteiger partial charge is 0.466 e. The van der Waals surface area contributed by atoms with Gasteiger partial charge in [0.15, 0.2) is 11.6 Å². The fraction of sp³-hybridized carbons (Fsp3) is 0.500. The molecule has 1 aromatic rings. The van der Waals surface area contributed by atoms with E-state index in [-0.39, 0.29) is 35.6 Å². The van der Waals surface area contributed by atoms with Gasteiger partial charge in [0.2, 0.25) is 0 Å². The minimum absolute atomic E-state index is 0.00273. The molecule has 0 spiro atoms. The molecule has 5 nitrogen and oxygen atoms in total. The molecule has 0 N–H and O–H groups in total. The third-order valence-corrected chi connectivity index (χ3v) is 6.33. The standard InChI is InChI=1S/C22H24O5/c1-10-7-11(2)16(12(3)8-10)18-20(24)17-14-9-13(5-6-15(23)26-4)22(27-14)19(17)21(18)25/h5-8,13-14,17-19,22H,9H2,1-4H3/t13-,14+,17+,18?,19-,22-/m1/s1. The maximum absolute atomic E-state index is 13.3. The first-order valence-electron chi connectivity index (χ1n) is 9.40. The van der Waals surface area contributed by atoms with Crippen LogP contribution in [0.1, 0.15) is 34.6 Å². The van der Waals surface area contributed by atoms with Crippen molar-refractivity contribution in [3.8, 4) is 0 Å². The Morgan fingerprint density at radius 1 is 1.11 bits per heavy atom. The highest BCUT2D eigenvalue weighted by atomic mass is 16.5. The molecule has 0 amide bonds. The van der Waals surface area contributed by atoms with Gasteiger partial charge in [-0.05, 0) is 43.9 Å². The smallest absolute Gasteiger partial charge is 0.330 e. The van der Waals surface area contributed by atoms with Gasteiger partial charge in [0.1, 0.15) is 5.92 Å². The number of benzene rings is 1. The Kier molecular flexibility index (Phi) is 4.30. The van der Waals surface area contributed by atoms with Crippen molar-refractivity contribution in [2.24, 2.45) is 17.8 Å². The van der Waals surface area contributed by atoms with Crippen LogP contribution in [0.4, 0.5) is 0 Å². The molecule has 2 aliphatic heterocycles. The number of carbonyl (C=O) groups is 3. The predicted molar refractivity (Wildman–Crippen MR) is 98.3 cm³/mol. The zero-order valence-corrected chi connectivity index (χ0v) is 16.0. The van der Waals surface area contributed by atoms with Gasteiger partial charge in [-0.3, -0.25) is 9.59 Å². The molecule has 3 aliphatic rings. The summed E-state index contributed by atoms with van der Waals surface area (Å²) < 4.78 is 10.6. The average molecular weight is 368 g/mol. The number of ether oxygens (including phenoxy) is 2. The molecule has 2 heterocycles. The molecule has 6 atom stereocenters. The number of hydrogen-bond acceptors (Lipinski definition) is 5. The molecular formula is C22H24O5. The molecule has 1 saturated carbocycles. The number of Topliss-reactive ketones (excluding diaryl/α,β-unsaturated/α-hetero) is 2. The number of esters is 1. The molecule has 4 rings (SSSR count). The molecule has 0 aromatic heterocycles. The van der Waals surface area contributed by atoms with E-state index in [2.05, 4.69) is 4.74 Å². The summed E-state index contributed by atoms with van der Waals surface area (Å²) in [6, 6.07) is 4.06. The molecule has 2 saturated heterocycles. The second-order valence-corrected chi connectivity index (χ2v) is 8.02. The van der Waals surface area contributed by atoms with Crippen LogP contribution in [-0.4, -0.2) is 36.9 Å². The molecule has 27 heavy (non-hydrogen) atoms. The van der Waals surface area contributed by atoms with Crippen LogP contribution in [0, 0.1) is 38.5 Å². The van der Waals surface area contributed by atoms with Gasteiger partial charge in [0, 0.05) is 12.0 Å². The Morgan fingerprint density at radius 2 is 1.74 bits per heavy atom.